The molecule has 2 aliphatic carbocycles. The van der Waals surface area contributed by atoms with Gasteiger partial charge >= 0.3 is 6.18 Å². The van der Waals surface area contributed by atoms with Crippen molar-refractivity contribution in [3.8, 4) is 0 Å². The van der Waals surface area contributed by atoms with Crippen LogP contribution in [0.15, 0.2) is 24.3 Å². The van der Waals surface area contributed by atoms with Gasteiger partial charge in [0.1, 0.15) is 0 Å². The summed E-state index contributed by atoms with van der Waals surface area (Å²) in [6.07, 6.45) is 1.26. The molecule has 1 aromatic rings. The highest BCUT2D eigenvalue weighted by atomic mass is 19.4. The van der Waals surface area contributed by atoms with Crippen LogP contribution in [0.2, 0.25) is 0 Å². The number of carbonyl (C=O) groups is 2. The van der Waals surface area contributed by atoms with E-state index in [1.54, 1.807) is 4.90 Å². The van der Waals surface area contributed by atoms with Crippen molar-refractivity contribution in [3.63, 3.8) is 0 Å². The molecule has 152 valence electrons. The summed E-state index contributed by atoms with van der Waals surface area (Å²) in [5.74, 6) is 1.96. The van der Waals surface area contributed by atoms with E-state index in [4.69, 9.17) is 0 Å². The topological polar surface area (TPSA) is 40.6 Å². The minimum absolute atomic E-state index is 0.180. The maximum atomic E-state index is 12.7. The summed E-state index contributed by atoms with van der Waals surface area (Å²) in [5, 5.41) is 0. The first-order chi connectivity index (χ1) is 13.3. The molecule has 0 N–H and O–H groups in total. The Morgan fingerprint density at radius 1 is 0.929 bits per heavy atom. The van der Waals surface area contributed by atoms with Crippen LogP contribution in [-0.4, -0.2) is 47.8 Å². The standard InChI is InChI=1S/C21H25F3N2O2/c22-21(23,24)18-5-3-15(4-6-18)20(28)26-9-7-25(8-10-26)19(27)13-17-12-14-1-2-16(17)11-14/h3-6,14,16-17H,1-2,7-13H2. The molecule has 0 radical (unpaired) electrons. The molecule has 0 aromatic heterocycles. The van der Waals surface area contributed by atoms with Crippen LogP contribution >= 0.6 is 0 Å². The highest BCUT2D eigenvalue weighted by Crippen LogP contribution is 2.49. The number of hydrogen-bond donors (Lipinski definition) is 0. The lowest BCUT2D eigenvalue weighted by atomic mass is 9.86. The van der Waals surface area contributed by atoms with E-state index in [0.717, 1.165) is 24.0 Å². The molecular formula is C21H25F3N2O2. The van der Waals surface area contributed by atoms with Crippen LogP contribution in [0.1, 0.15) is 48.0 Å². The van der Waals surface area contributed by atoms with Crippen LogP contribution in [0.25, 0.3) is 0 Å². The zero-order chi connectivity index (χ0) is 19.9. The van der Waals surface area contributed by atoms with Gasteiger partial charge in [-0.1, -0.05) is 6.42 Å². The van der Waals surface area contributed by atoms with Gasteiger partial charge in [-0.25, -0.2) is 0 Å². The number of fused-ring (bicyclic) bond motifs is 2. The molecule has 4 nitrogen and oxygen atoms in total. The molecule has 0 spiro atoms. The molecule has 3 aliphatic rings. The van der Waals surface area contributed by atoms with Crippen LogP contribution in [-0.2, 0) is 11.0 Å². The first kappa shape index (κ1) is 19.3. The van der Waals surface area contributed by atoms with E-state index in [9.17, 15) is 22.8 Å². The lowest BCUT2D eigenvalue weighted by Gasteiger charge is -2.36. The Bertz CT molecular complexity index is 739. The molecule has 1 aromatic carbocycles. The van der Waals surface area contributed by atoms with Crippen molar-refractivity contribution in [2.24, 2.45) is 17.8 Å². The maximum Gasteiger partial charge on any atom is 0.416 e. The second kappa shape index (κ2) is 7.41. The van der Waals surface area contributed by atoms with Gasteiger partial charge in [-0.05, 0) is 61.3 Å². The Morgan fingerprint density at radius 3 is 2.11 bits per heavy atom. The molecule has 3 atom stereocenters. The third kappa shape index (κ3) is 3.89. The van der Waals surface area contributed by atoms with Crippen LogP contribution in [0.5, 0.6) is 0 Å². The highest BCUT2D eigenvalue weighted by molar-refractivity contribution is 5.94. The zero-order valence-corrected chi connectivity index (χ0v) is 15.8. The third-order valence-corrected chi connectivity index (χ3v) is 6.70. The molecule has 7 heteroatoms. The van der Waals surface area contributed by atoms with Crippen molar-refractivity contribution in [2.75, 3.05) is 26.2 Å². The first-order valence-corrected chi connectivity index (χ1v) is 10.1. The number of amides is 2. The van der Waals surface area contributed by atoms with Crippen LogP contribution in [0.4, 0.5) is 13.2 Å². The zero-order valence-electron chi connectivity index (χ0n) is 15.8. The van der Waals surface area contributed by atoms with Crippen molar-refractivity contribution in [3.05, 3.63) is 35.4 Å². The van der Waals surface area contributed by atoms with E-state index in [0.29, 0.717) is 38.5 Å². The normalized spacial score (nSPS) is 27.3. The third-order valence-electron chi connectivity index (χ3n) is 6.70. The predicted octanol–water partition coefficient (Wildman–Crippen LogP) is 3.82. The quantitative estimate of drug-likeness (QED) is 0.782. The van der Waals surface area contributed by atoms with Gasteiger partial charge < -0.3 is 9.80 Å². The first-order valence-electron chi connectivity index (χ1n) is 10.1. The van der Waals surface area contributed by atoms with Crippen molar-refractivity contribution < 1.29 is 22.8 Å². The second-order valence-electron chi connectivity index (χ2n) is 8.39. The van der Waals surface area contributed by atoms with Crippen molar-refractivity contribution in [1.29, 1.82) is 0 Å². The summed E-state index contributed by atoms with van der Waals surface area (Å²) in [7, 11) is 0. The predicted molar refractivity (Wildman–Crippen MR) is 97.5 cm³/mol. The maximum absolute atomic E-state index is 12.7. The smallest absolute Gasteiger partial charge is 0.339 e. The van der Waals surface area contributed by atoms with Crippen molar-refractivity contribution >= 4 is 11.8 Å². The van der Waals surface area contributed by atoms with Crippen LogP contribution < -0.4 is 0 Å². The monoisotopic (exact) mass is 394 g/mol. The number of carbonyl (C=O) groups excluding carboxylic acids is 2. The largest absolute Gasteiger partial charge is 0.416 e. The molecule has 1 aliphatic heterocycles. The number of halogens is 3. The Labute approximate surface area is 162 Å². The molecule has 28 heavy (non-hydrogen) atoms. The summed E-state index contributed by atoms with van der Waals surface area (Å²) in [5.41, 5.74) is -0.519. The van der Waals surface area contributed by atoms with E-state index in [2.05, 4.69) is 0 Å². The Balaban J connectivity index is 1.28. The molecule has 2 bridgehead atoms. The summed E-state index contributed by atoms with van der Waals surface area (Å²) in [4.78, 5) is 28.6. The summed E-state index contributed by atoms with van der Waals surface area (Å²) < 4.78 is 38.0. The summed E-state index contributed by atoms with van der Waals surface area (Å²) in [6.45, 7) is 1.82. The van der Waals surface area contributed by atoms with E-state index in [-0.39, 0.29) is 17.4 Å². The number of piperazine rings is 1. The Hall–Kier alpha value is -2.05. The fraction of sp³-hybridized carbons (Fsp3) is 0.619. The number of rotatable bonds is 3. The molecular weight excluding hydrogens is 369 g/mol. The van der Waals surface area contributed by atoms with Crippen LogP contribution in [0, 0.1) is 17.8 Å². The molecule has 3 fully saturated rings. The van der Waals surface area contributed by atoms with E-state index < -0.39 is 11.7 Å². The number of alkyl halides is 3. The van der Waals surface area contributed by atoms with Gasteiger partial charge in [0.15, 0.2) is 0 Å². The van der Waals surface area contributed by atoms with E-state index >= 15 is 0 Å². The number of hydrogen-bond acceptors (Lipinski definition) is 2. The minimum Gasteiger partial charge on any atom is -0.339 e. The van der Waals surface area contributed by atoms with E-state index in [1.165, 1.54) is 37.8 Å². The lowest BCUT2D eigenvalue weighted by molar-refractivity contribution is -0.137. The van der Waals surface area contributed by atoms with Gasteiger partial charge in [0.05, 0.1) is 5.56 Å². The lowest BCUT2D eigenvalue weighted by Crippen LogP contribution is -2.51. The Kier molecular flexibility index (Phi) is 5.10. The average Bonchev–Trinajstić information content (AvgIpc) is 3.30. The molecule has 3 unspecified atom stereocenters. The molecule has 1 heterocycles. The minimum atomic E-state index is -4.41. The number of benzene rings is 1. The van der Waals surface area contributed by atoms with Gasteiger partial charge in [0.25, 0.3) is 5.91 Å². The molecule has 1 saturated heterocycles. The Morgan fingerprint density at radius 2 is 1.57 bits per heavy atom. The van der Waals surface area contributed by atoms with Crippen molar-refractivity contribution in [2.45, 2.75) is 38.3 Å². The highest BCUT2D eigenvalue weighted by Gasteiger charge is 2.41. The molecule has 2 amide bonds. The van der Waals surface area contributed by atoms with Gasteiger partial charge in [0.2, 0.25) is 5.91 Å². The van der Waals surface area contributed by atoms with Crippen molar-refractivity contribution in [1.82, 2.24) is 9.80 Å². The SMILES string of the molecule is O=C(CC1CC2CCC1C2)N1CCN(C(=O)c2ccc(C(F)(F)F)cc2)CC1. The molecule has 4 rings (SSSR count). The second-order valence-corrected chi connectivity index (χ2v) is 8.39. The van der Waals surface area contributed by atoms with Gasteiger partial charge in [-0.2, -0.15) is 13.2 Å². The fourth-order valence-electron chi connectivity index (χ4n) is 5.12. The number of nitrogens with zero attached hydrogens (tertiary/aromatic N) is 2. The van der Waals surface area contributed by atoms with Gasteiger partial charge in [-0.15, -0.1) is 0 Å². The average molecular weight is 394 g/mol. The van der Waals surface area contributed by atoms with Gasteiger partial charge in [-0.3, -0.25) is 9.59 Å². The summed E-state index contributed by atoms with van der Waals surface area (Å²) >= 11 is 0. The van der Waals surface area contributed by atoms with Gasteiger partial charge in [0, 0.05) is 38.2 Å². The van der Waals surface area contributed by atoms with E-state index in [1.807, 2.05) is 4.90 Å². The summed E-state index contributed by atoms with van der Waals surface area (Å²) in [6, 6.07) is 4.31. The fourth-order valence-corrected chi connectivity index (χ4v) is 5.12. The van der Waals surface area contributed by atoms with Crippen LogP contribution in [0.3, 0.4) is 0 Å². The molecule has 2 saturated carbocycles.